The Balaban J connectivity index is 1.54. The first-order valence-corrected chi connectivity index (χ1v) is 9.88. The van der Waals surface area contributed by atoms with Crippen LogP contribution in [0.15, 0.2) is 24.3 Å². The third kappa shape index (κ3) is 4.02. The van der Waals surface area contributed by atoms with Crippen LogP contribution in [0.25, 0.3) is 0 Å². The Morgan fingerprint density at radius 3 is 2.21 bits per heavy atom. The van der Waals surface area contributed by atoms with E-state index >= 15 is 0 Å². The molecule has 0 unspecified atom stereocenters. The van der Waals surface area contributed by atoms with E-state index in [1.807, 2.05) is 12.1 Å². The predicted octanol–water partition coefficient (Wildman–Crippen LogP) is 5.75. The predicted molar refractivity (Wildman–Crippen MR) is 98.4 cm³/mol. The lowest BCUT2D eigenvalue weighted by molar-refractivity contribution is -0.124. The molecule has 2 aliphatic rings. The molecule has 0 spiro atoms. The van der Waals surface area contributed by atoms with Crippen molar-refractivity contribution in [2.75, 3.05) is 7.11 Å². The first kappa shape index (κ1) is 17.5. The van der Waals surface area contributed by atoms with Gasteiger partial charge in [-0.05, 0) is 61.1 Å². The van der Waals surface area contributed by atoms with Crippen LogP contribution in [0, 0.1) is 17.8 Å². The summed E-state index contributed by atoms with van der Waals surface area (Å²) >= 11 is 0. The molecule has 3 rings (SSSR count). The monoisotopic (exact) mass is 328 g/mol. The fourth-order valence-electron chi connectivity index (χ4n) is 4.99. The molecule has 0 aliphatic heterocycles. The highest BCUT2D eigenvalue weighted by Gasteiger charge is 2.35. The van der Waals surface area contributed by atoms with Gasteiger partial charge in [0, 0.05) is 12.3 Å². The molecule has 132 valence electrons. The Kier molecular flexibility index (Phi) is 5.97. The van der Waals surface area contributed by atoms with Gasteiger partial charge in [-0.25, -0.2) is 0 Å². The topological polar surface area (TPSA) is 26.3 Å². The van der Waals surface area contributed by atoms with E-state index in [2.05, 4.69) is 19.1 Å². The van der Waals surface area contributed by atoms with E-state index in [0.29, 0.717) is 11.7 Å². The summed E-state index contributed by atoms with van der Waals surface area (Å²) in [5.41, 5.74) is 1.17. The molecule has 2 atom stereocenters. The van der Waals surface area contributed by atoms with Gasteiger partial charge < -0.3 is 4.74 Å². The summed E-state index contributed by atoms with van der Waals surface area (Å²) in [5.74, 6) is 3.85. The summed E-state index contributed by atoms with van der Waals surface area (Å²) in [6, 6.07) is 8.09. The van der Waals surface area contributed by atoms with E-state index in [4.69, 9.17) is 4.74 Å². The maximum atomic E-state index is 12.7. The van der Waals surface area contributed by atoms with Crippen LogP contribution in [-0.4, -0.2) is 12.9 Å². The van der Waals surface area contributed by atoms with Crippen LogP contribution in [0.4, 0.5) is 0 Å². The van der Waals surface area contributed by atoms with Gasteiger partial charge in [0.1, 0.15) is 11.5 Å². The van der Waals surface area contributed by atoms with Gasteiger partial charge in [-0.3, -0.25) is 4.79 Å². The highest BCUT2D eigenvalue weighted by Crippen LogP contribution is 2.43. The number of benzene rings is 1. The van der Waals surface area contributed by atoms with Gasteiger partial charge >= 0.3 is 0 Å². The van der Waals surface area contributed by atoms with Gasteiger partial charge in [0.25, 0.3) is 0 Å². The first-order chi connectivity index (χ1) is 11.7. The lowest BCUT2D eigenvalue weighted by Crippen LogP contribution is -2.30. The van der Waals surface area contributed by atoms with Crippen molar-refractivity contribution in [3.8, 4) is 5.75 Å². The molecule has 2 heteroatoms. The second-order valence-corrected chi connectivity index (χ2v) is 7.90. The number of ether oxygens (including phenoxy) is 1. The van der Waals surface area contributed by atoms with Crippen LogP contribution >= 0.6 is 0 Å². The number of hydrogen-bond donors (Lipinski definition) is 0. The van der Waals surface area contributed by atoms with Crippen LogP contribution in [0.3, 0.4) is 0 Å². The summed E-state index contributed by atoms with van der Waals surface area (Å²) in [4.78, 5) is 12.7. The molecule has 0 radical (unpaired) electrons. The van der Waals surface area contributed by atoms with Gasteiger partial charge in [0.2, 0.25) is 0 Å². The van der Waals surface area contributed by atoms with E-state index in [1.54, 1.807) is 7.11 Å². The number of ketones is 1. The molecule has 0 amide bonds. The minimum atomic E-state index is 0.114. The van der Waals surface area contributed by atoms with Gasteiger partial charge in [-0.15, -0.1) is 0 Å². The Morgan fingerprint density at radius 1 is 0.958 bits per heavy atom. The molecule has 2 aliphatic carbocycles. The molecule has 1 aromatic carbocycles. The van der Waals surface area contributed by atoms with E-state index < -0.39 is 0 Å². The fraction of sp³-hybridized carbons (Fsp3) is 0.682. The number of methoxy groups -OCH3 is 1. The molecule has 0 N–H and O–H groups in total. The number of hydrogen-bond acceptors (Lipinski definition) is 2. The Hall–Kier alpha value is -1.31. The van der Waals surface area contributed by atoms with Crippen molar-refractivity contribution in [3.05, 3.63) is 29.8 Å². The van der Waals surface area contributed by atoms with Crippen molar-refractivity contribution < 1.29 is 9.53 Å². The molecule has 0 bridgehead atoms. The highest BCUT2D eigenvalue weighted by molar-refractivity contribution is 5.86. The maximum Gasteiger partial charge on any atom is 0.140 e. The molecule has 0 saturated heterocycles. The van der Waals surface area contributed by atoms with Crippen LogP contribution in [0.2, 0.25) is 0 Å². The van der Waals surface area contributed by atoms with Crippen molar-refractivity contribution in [2.45, 2.75) is 70.6 Å². The summed E-state index contributed by atoms with van der Waals surface area (Å²) in [6.07, 6.45) is 11.3. The largest absolute Gasteiger partial charge is 0.497 e. The number of carbonyl (C=O) groups is 1. The van der Waals surface area contributed by atoms with Crippen molar-refractivity contribution >= 4 is 5.78 Å². The fourth-order valence-corrected chi connectivity index (χ4v) is 4.99. The third-order valence-corrected chi connectivity index (χ3v) is 6.45. The molecule has 2 nitrogen and oxygen atoms in total. The summed E-state index contributed by atoms with van der Waals surface area (Å²) in [7, 11) is 1.68. The summed E-state index contributed by atoms with van der Waals surface area (Å²) < 4.78 is 5.22. The molecule has 0 heterocycles. The lowest BCUT2D eigenvalue weighted by atomic mass is 9.67. The zero-order chi connectivity index (χ0) is 16.9. The minimum Gasteiger partial charge on any atom is -0.497 e. The molecule has 1 aromatic rings. The quantitative estimate of drug-likeness (QED) is 0.687. The average Bonchev–Trinajstić information content (AvgIpc) is 2.63. The van der Waals surface area contributed by atoms with Crippen molar-refractivity contribution in [3.63, 3.8) is 0 Å². The van der Waals surface area contributed by atoms with E-state index in [0.717, 1.165) is 30.4 Å². The lowest BCUT2D eigenvalue weighted by Gasteiger charge is -2.37. The smallest absolute Gasteiger partial charge is 0.140 e. The van der Waals surface area contributed by atoms with Gasteiger partial charge in [-0.2, -0.15) is 0 Å². The Labute approximate surface area is 147 Å². The number of rotatable bonds is 5. The van der Waals surface area contributed by atoms with Gasteiger partial charge in [0.05, 0.1) is 7.11 Å². The molecular weight excluding hydrogens is 296 g/mol. The highest BCUT2D eigenvalue weighted by atomic mass is 16.5. The molecule has 2 saturated carbocycles. The Morgan fingerprint density at radius 2 is 1.62 bits per heavy atom. The third-order valence-electron chi connectivity index (χ3n) is 6.45. The molecular formula is C22H32O2. The zero-order valence-corrected chi connectivity index (χ0v) is 15.3. The zero-order valence-electron chi connectivity index (χ0n) is 15.3. The van der Waals surface area contributed by atoms with Crippen molar-refractivity contribution in [1.82, 2.24) is 0 Å². The molecule has 24 heavy (non-hydrogen) atoms. The Bertz CT molecular complexity index is 525. The second kappa shape index (κ2) is 8.18. The normalized spacial score (nSPS) is 31.0. The van der Waals surface area contributed by atoms with E-state index in [-0.39, 0.29) is 5.92 Å². The number of carbonyl (C=O) groups excluding carboxylic acids is 1. The van der Waals surface area contributed by atoms with Crippen LogP contribution in [0.1, 0.15) is 76.2 Å². The number of Topliss-reactive ketones (excluding diaryl/α,β-unsaturated/α-hetero) is 1. The maximum absolute atomic E-state index is 12.7. The van der Waals surface area contributed by atoms with E-state index in [9.17, 15) is 4.79 Å². The first-order valence-electron chi connectivity index (χ1n) is 9.88. The SMILES string of the molecule is CCCC1CCC([C@@H]2CC[C@@H](c3ccc(OC)cc3)C(=O)C2)CC1. The second-order valence-electron chi connectivity index (χ2n) is 7.90. The van der Waals surface area contributed by atoms with E-state index in [1.165, 1.54) is 50.5 Å². The van der Waals surface area contributed by atoms with Crippen LogP contribution < -0.4 is 4.74 Å². The minimum absolute atomic E-state index is 0.114. The van der Waals surface area contributed by atoms with Gasteiger partial charge in [-0.1, -0.05) is 44.7 Å². The molecule has 2 fully saturated rings. The molecule has 0 aromatic heterocycles. The summed E-state index contributed by atoms with van der Waals surface area (Å²) in [6.45, 7) is 2.30. The van der Waals surface area contributed by atoms with Crippen molar-refractivity contribution in [1.29, 1.82) is 0 Å². The van der Waals surface area contributed by atoms with Crippen LogP contribution in [-0.2, 0) is 4.79 Å². The standard InChI is InChI=1S/C22H32O2/c1-3-4-16-5-7-17(8-6-16)19-11-14-21(22(23)15-19)18-9-12-20(24-2)13-10-18/h9-10,12-13,16-17,19,21H,3-8,11,14-15H2,1-2H3/t16?,17?,19-,21+/m1/s1. The van der Waals surface area contributed by atoms with Crippen molar-refractivity contribution in [2.24, 2.45) is 17.8 Å². The van der Waals surface area contributed by atoms with Gasteiger partial charge in [0.15, 0.2) is 0 Å². The summed E-state index contributed by atoms with van der Waals surface area (Å²) in [5, 5.41) is 0. The average molecular weight is 328 g/mol. The van der Waals surface area contributed by atoms with Crippen LogP contribution in [0.5, 0.6) is 5.75 Å².